The smallest absolute Gasteiger partial charge is 0.332 e. The van der Waals surface area contributed by atoms with Gasteiger partial charge >= 0.3 is 10.4 Å². The minimum atomic E-state index is -4.19. The largest absolute Gasteiger partial charge is 0.450 e. The molecule has 0 saturated carbocycles. The molecule has 0 bridgehead atoms. The van der Waals surface area contributed by atoms with Gasteiger partial charge in [-0.15, -0.1) is 0 Å². The molecule has 0 radical (unpaired) electrons. The van der Waals surface area contributed by atoms with Gasteiger partial charge in [-0.25, -0.2) is 4.18 Å². The van der Waals surface area contributed by atoms with Crippen LogP contribution in [0.25, 0.3) is 0 Å². The van der Waals surface area contributed by atoms with Crippen molar-refractivity contribution in [2.24, 2.45) is 0 Å². The van der Waals surface area contributed by atoms with Gasteiger partial charge in [-0.05, 0) is 6.58 Å². The lowest BCUT2D eigenvalue weighted by Gasteiger charge is -1.97. The maximum atomic E-state index is 11.5. The van der Waals surface area contributed by atoms with E-state index in [4.69, 9.17) is 0 Å². The summed E-state index contributed by atoms with van der Waals surface area (Å²) in [4.78, 5) is 0. The van der Waals surface area contributed by atoms with Crippen LogP contribution < -0.4 is 0 Å². The van der Waals surface area contributed by atoms with Crippen LogP contribution in [0.2, 0.25) is 0 Å². The lowest BCUT2D eigenvalue weighted by Crippen LogP contribution is -2.04. The molecule has 0 aromatic rings. The fraction of sp³-hybridized carbons (Fsp3) is 0.333. The second kappa shape index (κ2) is 2.79. The van der Waals surface area contributed by atoms with Crippen molar-refractivity contribution in [3.63, 3.8) is 0 Å². The summed E-state index contributed by atoms with van der Waals surface area (Å²) in [6.07, 6.45) is 0. The van der Waals surface area contributed by atoms with E-state index < -0.39 is 16.4 Å². The van der Waals surface area contributed by atoms with Crippen LogP contribution in [0, 0.1) is 0 Å². The Kier molecular flexibility index (Phi) is 2.60. The van der Waals surface area contributed by atoms with Gasteiger partial charge in [0, 0.05) is 0 Å². The van der Waals surface area contributed by atoms with Gasteiger partial charge in [-0.1, -0.05) is 0 Å². The molecule has 0 saturated heterocycles. The van der Waals surface area contributed by atoms with Crippen molar-refractivity contribution in [1.82, 2.24) is 0 Å². The summed E-state index contributed by atoms with van der Waals surface area (Å²) >= 11 is 0. The van der Waals surface area contributed by atoms with Gasteiger partial charge in [0.15, 0.2) is 0 Å². The first-order valence-corrected chi connectivity index (χ1v) is 3.15. The van der Waals surface area contributed by atoms with Crippen molar-refractivity contribution < 1.29 is 21.2 Å². The summed E-state index contributed by atoms with van der Waals surface area (Å²) in [5.41, 5.74) is 0. The first-order chi connectivity index (χ1) is 3.98. The molecule has 0 aromatic carbocycles. The van der Waals surface area contributed by atoms with Gasteiger partial charge < -0.3 is 4.18 Å². The van der Waals surface area contributed by atoms with Crippen LogP contribution in [0.5, 0.6) is 0 Å². The molecule has 0 unspecified atom stereocenters. The molecule has 0 aromatic heterocycles. The van der Waals surface area contributed by atoms with E-state index in [2.05, 4.69) is 14.9 Å². The Balaban J connectivity index is 4.06. The number of rotatable bonds is 3. The standard InChI is InChI=1S/C3H5FO4S/c1-3(4)8-9(5,6)7-2/h1H2,2H3. The normalized spacial score (nSPS) is 10.9. The Morgan fingerprint density at radius 2 is 2.11 bits per heavy atom. The van der Waals surface area contributed by atoms with E-state index in [9.17, 15) is 12.8 Å². The fourth-order valence-electron chi connectivity index (χ4n) is 0.145. The van der Waals surface area contributed by atoms with Crippen LogP contribution in [0.15, 0.2) is 12.6 Å². The molecule has 0 aliphatic carbocycles. The lowest BCUT2D eigenvalue weighted by molar-refractivity contribution is 0.245. The Morgan fingerprint density at radius 1 is 1.67 bits per heavy atom. The summed E-state index contributed by atoms with van der Waals surface area (Å²) in [5, 5.41) is 0. The maximum Gasteiger partial charge on any atom is 0.450 e. The Morgan fingerprint density at radius 3 is 2.22 bits per heavy atom. The van der Waals surface area contributed by atoms with Crippen molar-refractivity contribution in [2.75, 3.05) is 7.11 Å². The van der Waals surface area contributed by atoms with E-state index in [0.717, 1.165) is 7.11 Å². The molecular weight excluding hydrogens is 151 g/mol. The maximum absolute atomic E-state index is 11.5. The summed E-state index contributed by atoms with van der Waals surface area (Å²) in [6, 6.07) is -1.42. The highest BCUT2D eigenvalue weighted by Gasteiger charge is 2.09. The van der Waals surface area contributed by atoms with Gasteiger partial charge in [0.25, 0.3) is 6.01 Å². The third-order valence-corrected chi connectivity index (χ3v) is 1.19. The van der Waals surface area contributed by atoms with E-state index in [1.54, 1.807) is 0 Å². The zero-order valence-electron chi connectivity index (χ0n) is 4.63. The highest BCUT2D eigenvalue weighted by atomic mass is 32.3. The third kappa shape index (κ3) is 3.92. The number of hydrogen-bond donors (Lipinski definition) is 0. The van der Waals surface area contributed by atoms with E-state index in [-0.39, 0.29) is 0 Å². The predicted octanol–water partition coefficient (Wildman–Crippen LogP) is 0.335. The van der Waals surface area contributed by atoms with Crippen molar-refractivity contribution in [3.05, 3.63) is 12.6 Å². The second-order valence-corrected chi connectivity index (χ2v) is 2.33. The summed E-state index contributed by atoms with van der Waals surface area (Å²) < 4.78 is 38.8. The zero-order valence-corrected chi connectivity index (χ0v) is 5.44. The quantitative estimate of drug-likeness (QED) is 0.553. The first-order valence-electron chi connectivity index (χ1n) is 1.82. The minimum absolute atomic E-state index is 0.846. The molecular formula is C3H5FO4S. The first kappa shape index (κ1) is 8.38. The molecule has 0 fully saturated rings. The monoisotopic (exact) mass is 156 g/mol. The molecule has 0 heterocycles. The number of hydrogen-bond acceptors (Lipinski definition) is 4. The predicted molar refractivity (Wildman–Crippen MR) is 27.3 cm³/mol. The minimum Gasteiger partial charge on any atom is -0.332 e. The Labute approximate surface area is 52.2 Å². The van der Waals surface area contributed by atoms with Crippen LogP contribution in [0.3, 0.4) is 0 Å². The molecule has 9 heavy (non-hydrogen) atoms. The molecule has 0 atom stereocenters. The lowest BCUT2D eigenvalue weighted by atomic mass is 11.1. The average Bonchev–Trinajstić information content (AvgIpc) is 1.63. The third-order valence-electron chi connectivity index (χ3n) is 0.397. The molecule has 0 amide bonds. The van der Waals surface area contributed by atoms with Gasteiger partial charge in [0.05, 0.1) is 7.11 Å². The van der Waals surface area contributed by atoms with Crippen LogP contribution in [0.4, 0.5) is 4.39 Å². The van der Waals surface area contributed by atoms with Crippen molar-refractivity contribution >= 4 is 10.4 Å². The van der Waals surface area contributed by atoms with Gasteiger partial charge in [0.2, 0.25) is 0 Å². The van der Waals surface area contributed by atoms with Crippen LogP contribution in [-0.4, -0.2) is 15.5 Å². The SMILES string of the molecule is C=C(F)OS(=O)(=O)OC. The number of halogens is 1. The average molecular weight is 156 g/mol. The molecule has 0 rings (SSSR count). The van der Waals surface area contributed by atoms with Crippen LogP contribution >= 0.6 is 0 Å². The van der Waals surface area contributed by atoms with Crippen LogP contribution in [-0.2, 0) is 18.8 Å². The van der Waals surface area contributed by atoms with Crippen molar-refractivity contribution in [2.45, 2.75) is 0 Å². The summed E-state index contributed by atoms with van der Waals surface area (Å²) in [7, 11) is -3.35. The fourth-order valence-corrected chi connectivity index (χ4v) is 0.434. The topological polar surface area (TPSA) is 52.6 Å². The van der Waals surface area contributed by atoms with Crippen LogP contribution in [0.1, 0.15) is 0 Å². The molecule has 54 valence electrons. The molecule has 0 aliphatic heterocycles. The molecule has 0 spiro atoms. The molecule has 0 aliphatic rings. The Hall–Kier alpha value is -0.620. The molecule has 4 nitrogen and oxygen atoms in total. The zero-order chi connectivity index (χ0) is 7.49. The van der Waals surface area contributed by atoms with Crippen molar-refractivity contribution in [1.29, 1.82) is 0 Å². The summed E-state index contributed by atoms with van der Waals surface area (Å²) in [5.74, 6) is 0. The van der Waals surface area contributed by atoms with Gasteiger partial charge in [-0.3, -0.25) is 0 Å². The Bertz CT molecular complexity index is 194. The van der Waals surface area contributed by atoms with E-state index in [1.807, 2.05) is 0 Å². The molecule has 0 N–H and O–H groups in total. The van der Waals surface area contributed by atoms with Gasteiger partial charge in [-0.2, -0.15) is 12.8 Å². The second-order valence-electron chi connectivity index (χ2n) is 1.01. The highest BCUT2D eigenvalue weighted by Crippen LogP contribution is 2.01. The van der Waals surface area contributed by atoms with Crippen molar-refractivity contribution in [3.8, 4) is 0 Å². The molecule has 6 heteroatoms. The van der Waals surface area contributed by atoms with E-state index >= 15 is 0 Å². The summed E-state index contributed by atoms with van der Waals surface area (Å²) in [6.45, 7) is 2.54. The highest BCUT2D eigenvalue weighted by molar-refractivity contribution is 7.81. The van der Waals surface area contributed by atoms with E-state index in [0.29, 0.717) is 0 Å². The van der Waals surface area contributed by atoms with E-state index in [1.165, 1.54) is 0 Å². The van der Waals surface area contributed by atoms with Gasteiger partial charge in [0.1, 0.15) is 0 Å².